The molecule has 9 heteroatoms. The molecule has 134 valence electrons. The number of aliphatic imine (C=N–C) groups is 1. The number of anilines is 1. The number of carbonyl (C=O) groups excluding carboxylic acids is 2. The summed E-state index contributed by atoms with van der Waals surface area (Å²) in [5.74, 6) is -0.450. The summed E-state index contributed by atoms with van der Waals surface area (Å²) < 4.78 is 0. The monoisotopic (exact) mass is 354 g/mol. The molecule has 1 aliphatic rings. The van der Waals surface area contributed by atoms with Gasteiger partial charge in [0.05, 0.1) is 12.0 Å². The molecular weight excluding hydrogens is 336 g/mol. The zero-order valence-corrected chi connectivity index (χ0v) is 14.3. The van der Waals surface area contributed by atoms with Crippen molar-refractivity contribution in [2.75, 3.05) is 12.4 Å². The molecule has 0 fully saturated rings. The second-order valence-corrected chi connectivity index (χ2v) is 6.21. The summed E-state index contributed by atoms with van der Waals surface area (Å²) in [4.78, 5) is 41.1. The number of hydrogen-bond acceptors (Lipinski definition) is 6. The Balaban J connectivity index is 1.87. The molecule has 0 spiro atoms. The number of nitrogens with two attached hydrogens (primary N) is 1. The maximum atomic E-state index is 12.2. The second-order valence-electron chi connectivity index (χ2n) is 6.21. The fourth-order valence-corrected chi connectivity index (χ4v) is 2.67. The molecule has 1 aromatic heterocycles. The Morgan fingerprint density at radius 2 is 2.08 bits per heavy atom. The van der Waals surface area contributed by atoms with E-state index in [9.17, 15) is 14.4 Å². The van der Waals surface area contributed by atoms with Crippen LogP contribution in [0.4, 0.5) is 5.69 Å². The van der Waals surface area contributed by atoms with E-state index < -0.39 is 11.4 Å². The fourth-order valence-electron chi connectivity index (χ4n) is 2.67. The zero-order chi connectivity index (χ0) is 18.9. The third-order valence-corrected chi connectivity index (χ3v) is 4.23. The van der Waals surface area contributed by atoms with Crippen molar-refractivity contribution in [3.05, 3.63) is 58.0 Å². The van der Waals surface area contributed by atoms with Crippen LogP contribution in [0.25, 0.3) is 0 Å². The van der Waals surface area contributed by atoms with Crippen LogP contribution < -0.4 is 16.6 Å². The molecule has 2 amide bonds. The lowest BCUT2D eigenvalue weighted by molar-refractivity contribution is -0.128. The molecule has 0 unspecified atom stereocenters. The molecule has 0 radical (unpaired) electrons. The van der Waals surface area contributed by atoms with Gasteiger partial charge in [-0.05, 0) is 30.7 Å². The summed E-state index contributed by atoms with van der Waals surface area (Å²) in [5.41, 5.74) is 5.97. The molecule has 2 heterocycles. The highest BCUT2D eigenvalue weighted by molar-refractivity contribution is 6.03. The van der Waals surface area contributed by atoms with Crippen LogP contribution >= 0.6 is 0 Å². The number of benzene rings is 1. The first-order chi connectivity index (χ1) is 12.3. The fraction of sp³-hybridized carbons (Fsp3) is 0.235. The van der Waals surface area contributed by atoms with Crippen molar-refractivity contribution in [3.63, 3.8) is 0 Å². The molecular formula is C17H18N6O3. The predicted octanol–water partition coefficient (Wildman–Crippen LogP) is 0.414. The third kappa shape index (κ3) is 3.32. The van der Waals surface area contributed by atoms with Crippen LogP contribution in [0.15, 0.2) is 46.2 Å². The Morgan fingerprint density at radius 3 is 2.73 bits per heavy atom. The van der Waals surface area contributed by atoms with Gasteiger partial charge in [-0.3, -0.25) is 19.3 Å². The topological polar surface area (TPSA) is 134 Å². The minimum absolute atomic E-state index is 0.0814. The van der Waals surface area contributed by atoms with Gasteiger partial charge in [-0.1, -0.05) is 12.1 Å². The van der Waals surface area contributed by atoms with Crippen LogP contribution in [-0.4, -0.2) is 39.9 Å². The Kier molecular flexibility index (Phi) is 4.29. The van der Waals surface area contributed by atoms with Gasteiger partial charge in [-0.2, -0.15) is 5.10 Å². The van der Waals surface area contributed by atoms with Gasteiger partial charge in [0.15, 0.2) is 5.96 Å². The number of amides is 2. The molecule has 0 saturated carbocycles. The van der Waals surface area contributed by atoms with Gasteiger partial charge in [0.1, 0.15) is 5.69 Å². The molecule has 1 aliphatic heterocycles. The van der Waals surface area contributed by atoms with E-state index in [0.29, 0.717) is 5.69 Å². The van der Waals surface area contributed by atoms with Crippen molar-refractivity contribution in [2.24, 2.45) is 10.7 Å². The number of guanidine groups is 1. The van der Waals surface area contributed by atoms with Crippen molar-refractivity contribution in [3.8, 4) is 0 Å². The van der Waals surface area contributed by atoms with E-state index in [1.165, 1.54) is 17.0 Å². The molecule has 0 bridgehead atoms. The van der Waals surface area contributed by atoms with Crippen LogP contribution in [-0.2, 0) is 10.3 Å². The zero-order valence-electron chi connectivity index (χ0n) is 14.3. The van der Waals surface area contributed by atoms with Crippen molar-refractivity contribution in [1.29, 1.82) is 0 Å². The summed E-state index contributed by atoms with van der Waals surface area (Å²) in [5, 5.41) is 8.61. The SMILES string of the molecule is CN1C(=O)C[C@@](C)(c2cccc(NC(=O)c3ccc(=O)[nH]n3)c2)N=C1N. The lowest BCUT2D eigenvalue weighted by Crippen LogP contribution is -2.47. The van der Waals surface area contributed by atoms with Crippen molar-refractivity contribution in [1.82, 2.24) is 15.1 Å². The summed E-state index contributed by atoms with van der Waals surface area (Å²) in [6.45, 7) is 1.81. The summed E-state index contributed by atoms with van der Waals surface area (Å²) in [6.07, 6.45) is 0.170. The maximum absolute atomic E-state index is 12.2. The van der Waals surface area contributed by atoms with Gasteiger partial charge in [-0.15, -0.1) is 0 Å². The normalized spacial score (nSPS) is 19.8. The highest BCUT2D eigenvalue weighted by Gasteiger charge is 2.36. The Hall–Kier alpha value is -3.49. The number of nitrogens with one attached hydrogen (secondary N) is 2. The second kappa shape index (κ2) is 6.43. The quantitative estimate of drug-likeness (QED) is 0.734. The average Bonchev–Trinajstić information content (AvgIpc) is 2.60. The number of nitrogens with zero attached hydrogens (tertiary/aromatic N) is 3. The van der Waals surface area contributed by atoms with E-state index >= 15 is 0 Å². The van der Waals surface area contributed by atoms with E-state index in [-0.39, 0.29) is 29.5 Å². The molecule has 26 heavy (non-hydrogen) atoms. The smallest absolute Gasteiger partial charge is 0.276 e. The minimum Gasteiger partial charge on any atom is -0.369 e. The van der Waals surface area contributed by atoms with Crippen LogP contribution in [0, 0.1) is 0 Å². The highest BCUT2D eigenvalue weighted by atomic mass is 16.2. The number of hydrogen-bond donors (Lipinski definition) is 3. The molecule has 9 nitrogen and oxygen atoms in total. The van der Waals surface area contributed by atoms with E-state index in [4.69, 9.17) is 5.73 Å². The van der Waals surface area contributed by atoms with Crippen LogP contribution in [0.2, 0.25) is 0 Å². The lowest BCUT2D eigenvalue weighted by Gasteiger charge is -2.33. The molecule has 1 atom stereocenters. The van der Waals surface area contributed by atoms with Crippen LogP contribution in [0.5, 0.6) is 0 Å². The summed E-state index contributed by atoms with van der Waals surface area (Å²) in [7, 11) is 1.58. The molecule has 2 aromatic rings. The van der Waals surface area contributed by atoms with Gasteiger partial charge in [0.25, 0.3) is 11.5 Å². The number of aromatic amines is 1. The van der Waals surface area contributed by atoms with Crippen LogP contribution in [0.1, 0.15) is 29.4 Å². The standard InChI is InChI=1S/C17H18N6O3/c1-17(9-14(25)23(2)16(18)20-17)10-4-3-5-11(8-10)19-15(26)12-6-7-13(24)22-21-12/h3-8H,9H2,1-2H3,(H2,18,20)(H,19,26)(H,22,24)/t17-/m0/s1. The van der Waals surface area contributed by atoms with Gasteiger partial charge >= 0.3 is 0 Å². The molecule has 1 aromatic carbocycles. The van der Waals surface area contributed by atoms with Crippen molar-refractivity contribution < 1.29 is 9.59 Å². The van der Waals surface area contributed by atoms with Gasteiger partial charge in [0.2, 0.25) is 5.91 Å². The minimum atomic E-state index is -0.815. The van der Waals surface area contributed by atoms with Crippen LogP contribution in [0.3, 0.4) is 0 Å². The lowest BCUT2D eigenvalue weighted by atomic mass is 9.87. The number of aromatic nitrogens is 2. The predicted molar refractivity (Wildman–Crippen MR) is 95.6 cm³/mol. The number of rotatable bonds is 3. The largest absolute Gasteiger partial charge is 0.369 e. The molecule has 0 aliphatic carbocycles. The third-order valence-electron chi connectivity index (χ3n) is 4.23. The average molecular weight is 354 g/mol. The Morgan fingerprint density at radius 1 is 1.31 bits per heavy atom. The Labute approximate surface area is 148 Å². The number of H-pyrrole nitrogens is 1. The first-order valence-corrected chi connectivity index (χ1v) is 7.88. The molecule has 4 N–H and O–H groups in total. The van der Waals surface area contributed by atoms with Gasteiger partial charge in [0, 0.05) is 18.8 Å². The maximum Gasteiger partial charge on any atom is 0.276 e. The van der Waals surface area contributed by atoms with E-state index in [1.807, 2.05) is 13.0 Å². The first kappa shape index (κ1) is 17.3. The molecule has 0 saturated heterocycles. The van der Waals surface area contributed by atoms with Gasteiger partial charge in [-0.25, -0.2) is 10.1 Å². The van der Waals surface area contributed by atoms with Gasteiger partial charge < -0.3 is 11.1 Å². The Bertz CT molecular complexity index is 946. The molecule has 3 rings (SSSR count). The van der Waals surface area contributed by atoms with Crippen molar-refractivity contribution in [2.45, 2.75) is 18.9 Å². The summed E-state index contributed by atoms with van der Waals surface area (Å²) in [6, 6.07) is 9.58. The first-order valence-electron chi connectivity index (χ1n) is 7.88. The van der Waals surface area contributed by atoms with E-state index in [0.717, 1.165) is 5.56 Å². The highest BCUT2D eigenvalue weighted by Crippen LogP contribution is 2.34. The van der Waals surface area contributed by atoms with E-state index in [1.54, 1.807) is 25.2 Å². The number of carbonyl (C=O) groups is 2. The summed E-state index contributed by atoms with van der Waals surface area (Å²) >= 11 is 0. The van der Waals surface area contributed by atoms with Crippen molar-refractivity contribution >= 4 is 23.5 Å². The van der Waals surface area contributed by atoms with E-state index in [2.05, 4.69) is 20.5 Å².